The van der Waals surface area contributed by atoms with Crippen molar-refractivity contribution in [1.29, 1.82) is 0 Å². The molecule has 0 aliphatic rings. The molecule has 0 saturated carbocycles. The molecule has 0 amide bonds. The van der Waals surface area contributed by atoms with Gasteiger partial charge in [0.1, 0.15) is 11.4 Å². The molecule has 0 bridgehead atoms. The molecule has 0 saturated heterocycles. The summed E-state index contributed by atoms with van der Waals surface area (Å²) < 4.78 is 5.65. The monoisotopic (exact) mass is 245 g/mol. The van der Waals surface area contributed by atoms with E-state index in [0.717, 1.165) is 17.0 Å². The van der Waals surface area contributed by atoms with Gasteiger partial charge in [0, 0.05) is 6.20 Å². The Morgan fingerprint density at radius 3 is 2.61 bits per heavy atom. The summed E-state index contributed by atoms with van der Waals surface area (Å²) in [6, 6.07) is 11.3. The maximum atomic E-state index is 10.6. The van der Waals surface area contributed by atoms with Crippen LogP contribution in [0.3, 0.4) is 0 Å². The van der Waals surface area contributed by atoms with E-state index in [4.69, 9.17) is 4.74 Å². The summed E-state index contributed by atoms with van der Waals surface area (Å²) in [6.45, 7) is 5.74. The van der Waals surface area contributed by atoms with Gasteiger partial charge in [-0.3, -0.25) is 0 Å². The number of H-pyrrole nitrogens is 1. The van der Waals surface area contributed by atoms with Gasteiger partial charge in [-0.1, -0.05) is 12.1 Å². The second-order valence-electron chi connectivity index (χ2n) is 4.85. The van der Waals surface area contributed by atoms with Crippen LogP contribution in [0.25, 0.3) is 0 Å². The predicted octanol–water partition coefficient (Wildman–Crippen LogP) is 3.06. The fourth-order valence-electron chi connectivity index (χ4n) is 1.93. The van der Waals surface area contributed by atoms with Crippen molar-refractivity contribution in [2.75, 3.05) is 0 Å². The van der Waals surface area contributed by atoms with Crippen molar-refractivity contribution in [3.63, 3.8) is 0 Å². The first kappa shape index (κ1) is 12.7. The third kappa shape index (κ3) is 2.57. The fraction of sp³-hybridized carbons (Fsp3) is 0.333. The van der Waals surface area contributed by atoms with E-state index in [-0.39, 0.29) is 6.10 Å². The Bertz CT molecular complexity index is 501. The van der Waals surface area contributed by atoms with Crippen LogP contribution in [-0.2, 0) is 5.60 Å². The number of rotatable bonds is 4. The van der Waals surface area contributed by atoms with Gasteiger partial charge in [0.15, 0.2) is 0 Å². The summed E-state index contributed by atoms with van der Waals surface area (Å²) >= 11 is 0. The van der Waals surface area contributed by atoms with E-state index < -0.39 is 5.60 Å². The van der Waals surface area contributed by atoms with Crippen LogP contribution in [0, 0.1) is 0 Å². The first-order valence-corrected chi connectivity index (χ1v) is 6.13. The van der Waals surface area contributed by atoms with Crippen LogP contribution in [0.4, 0.5) is 0 Å². The van der Waals surface area contributed by atoms with Gasteiger partial charge in [-0.15, -0.1) is 0 Å². The zero-order valence-electron chi connectivity index (χ0n) is 11.0. The van der Waals surface area contributed by atoms with E-state index in [1.54, 1.807) is 13.1 Å². The molecule has 0 radical (unpaired) electrons. The van der Waals surface area contributed by atoms with E-state index in [0.29, 0.717) is 0 Å². The quantitative estimate of drug-likeness (QED) is 0.869. The molecular weight excluding hydrogens is 226 g/mol. The van der Waals surface area contributed by atoms with Crippen LogP contribution in [-0.4, -0.2) is 16.2 Å². The van der Waals surface area contributed by atoms with Gasteiger partial charge in [-0.2, -0.15) is 0 Å². The Balaban J connectivity index is 2.33. The second-order valence-corrected chi connectivity index (χ2v) is 4.85. The molecule has 1 aromatic heterocycles. The molecule has 3 heteroatoms. The zero-order chi connectivity index (χ0) is 13.2. The highest BCUT2D eigenvalue weighted by atomic mass is 16.5. The molecule has 2 rings (SSSR count). The third-order valence-corrected chi connectivity index (χ3v) is 2.89. The maximum absolute atomic E-state index is 10.6. The Hall–Kier alpha value is -1.74. The van der Waals surface area contributed by atoms with Crippen molar-refractivity contribution < 1.29 is 9.84 Å². The Labute approximate surface area is 107 Å². The first-order valence-electron chi connectivity index (χ1n) is 6.13. The van der Waals surface area contributed by atoms with Gasteiger partial charge in [-0.25, -0.2) is 0 Å². The predicted molar refractivity (Wildman–Crippen MR) is 71.7 cm³/mol. The molecular formula is C15H19NO2. The lowest BCUT2D eigenvalue weighted by Crippen LogP contribution is -2.23. The molecule has 18 heavy (non-hydrogen) atoms. The summed E-state index contributed by atoms with van der Waals surface area (Å²) in [5.74, 6) is 0.773. The van der Waals surface area contributed by atoms with Crippen LogP contribution in [0.2, 0.25) is 0 Å². The fourth-order valence-corrected chi connectivity index (χ4v) is 1.93. The molecule has 1 unspecified atom stereocenters. The molecule has 2 N–H and O–H groups in total. The minimum atomic E-state index is -1.04. The van der Waals surface area contributed by atoms with E-state index in [1.165, 1.54) is 0 Å². The average Bonchev–Trinajstić information content (AvgIpc) is 2.82. The van der Waals surface area contributed by atoms with Gasteiger partial charge in [0.2, 0.25) is 0 Å². The largest absolute Gasteiger partial charge is 0.491 e. The van der Waals surface area contributed by atoms with Crippen LogP contribution in [0.5, 0.6) is 5.75 Å². The van der Waals surface area contributed by atoms with Crippen molar-refractivity contribution in [2.24, 2.45) is 0 Å². The summed E-state index contributed by atoms with van der Waals surface area (Å²) in [6.07, 6.45) is 1.92. The second kappa shape index (κ2) is 4.86. The molecule has 2 aromatic rings. The SMILES string of the molecule is CC(C)Oc1cccc(C(C)(O)c2ccc[nH]2)c1. The lowest BCUT2D eigenvalue weighted by molar-refractivity contribution is 0.0974. The summed E-state index contributed by atoms with van der Waals surface area (Å²) in [5, 5.41) is 10.6. The number of aromatic nitrogens is 1. The standard InChI is InChI=1S/C15H19NO2/c1-11(2)18-13-7-4-6-12(10-13)15(3,17)14-8-5-9-16-14/h4-11,16-17H,1-3H3. The number of aromatic amines is 1. The Morgan fingerprint density at radius 1 is 1.22 bits per heavy atom. The minimum Gasteiger partial charge on any atom is -0.491 e. The highest BCUT2D eigenvalue weighted by Gasteiger charge is 2.26. The number of nitrogens with one attached hydrogen (secondary N) is 1. The van der Waals surface area contributed by atoms with E-state index in [9.17, 15) is 5.11 Å². The number of hydrogen-bond acceptors (Lipinski definition) is 2. The Kier molecular flexibility index (Phi) is 3.43. The lowest BCUT2D eigenvalue weighted by Gasteiger charge is -2.23. The number of ether oxygens (including phenoxy) is 1. The van der Waals surface area contributed by atoms with Gasteiger partial charge >= 0.3 is 0 Å². The average molecular weight is 245 g/mol. The molecule has 3 nitrogen and oxygen atoms in total. The van der Waals surface area contributed by atoms with Gasteiger partial charge in [0.05, 0.1) is 11.8 Å². The van der Waals surface area contributed by atoms with Crippen LogP contribution < -0.4 is 4.74 Å². The Morgan fingerprint density at radius 2 is 2.00 bits per heavy atom. The van der Waals surface area contributed by atoms with Crippen molar-refractivity contribution in [1.82, 2.24) is 4.98 Å². The molecule has 0 aliphatic heterocycles. The molecule has 0 fully saturated rings. The molecule has 96 valence electrons. The topological polar surface area (TPSA) is 45.2 Å². The van der Waals surface area contributed by atoms with Gasteiger partial charge in [0.25, 0.3) is 0 Å². The van der Waals surface area contributed by atoms with Crippen molar-refractivity contribution in [2.45, 2.75) is 32.5 Å². The third-order valence-electron chi connectivity index (χ3n) is 2.89. The van der Waals surface area contributed by atoms with E-state index >= 15 is 0 Å². The van der Waals surface area contributed by atoms with Gasteiger partial charge in [-0.05, 0) is 50.6 Å². The number of hydrogen-bond donors (Lipinski definition) is 2. The van der Waals surface area contributed by atoms with Crippen molar-refractivity contribution in [3.05, 3.63) is 53.9 Å². The normalized spacial score (nSPS) is 14.5. The summed E-state index contributed by atoms with van der Waals surface area (Å²) in [4.78, 5) is 3.05. The highest BCUT2D eigenvalue weighted by molar-refractivity contribution is 5.37. The molecule has 0 spiro atoms. The van der Waals surface area contributed by atoms with E-state index in [2.05, 4.69) is 4.98 Å². The van der Waals surface area contributed by atoms with Crippen LogP contribution >= 0.6 is 0 Å². The van der Waals surface area contributed by atoms with Gasteiger partial charge < -0.3 is 14.8 Å². The first-order chi connectivity index (χ1) is 8.50. The maximum Gasteiger partial charge on any atom is 0.127 e. The molecule has 1 heterocycles. The minimum absolute atomic E-state index is 0.121. The summed E-state index contributed by atoms with van der Waals surface area (Å²) in [7, 11) is 0. The highest BCUT2D eigenvalue weighted by Crippen LogP contribution is 2.30. The zero-order valence-corrected chi connectivity index (χ0v) is 11.0. The van der Waals surface area contributed by atoms with Crippen LogP contribution in [0.1, 0.15) is 32.0 Å². The number of benzene rings is 1. The smallest absolute Gasteiger partial charge is 0.127 e. The van der Waals surface area contributed by atoms with Crippen molar-refractivity contribution in [3.8, 4) is 5.75 Å². The summed E-state index contributed by atoms with van der Waals surface area (Å²) in [5.41, 5.74) is 0.534. The number of aliphatic hydroxyl groups is 1. The lowest BCUT2D eigenvalue weighted by atomic mass is 9.92. The molecule has 0 aliphatic carbocycles. The van der Waals surface area contributed by atoms with Crippen molar-refractivity contribution >= 4 is 0 Å². The van der Waals surface area contributed by atoms with Crippen LogP contribution in [0.15, 0.2) is 42.6 Å². The molecule has 1 atom stereocenters. The van der Waals surface area contributed by atoms with E-state index in [1.807, 2.05) is 50.2 Å². The molecule has 1 aromatic carbocycles.